The largest absolute Gasteiger partial charge is 0.858 e. The third-order valence-corrected chi connectivity index (χ3v) is 3.59. The fourth-order valence-electron chi connectivity index (χ4n) is 2.39. The molecule has 0 radical (unpaired) electrons. The summed E-state index contributed by atoms with van der Waals surface area (Å²) in [7, 11) is 0. The summed E-state index contributed by atoms with van der Waals surface area (Å²) in [6, 6.07) is 11.9. The number of aromatic amines is 1. The fraction of sp³-hybridized carbons (Fsp3) is 0.150. The van der Waals surface area contributed by atoms with E-state index < -0.39 is 11.5 Å². The fourth-order valence-corrected chi connectivity index (χ4v) is 2.39. The maximum Gasteiger partial charge on any atom is 0.273 e. The molecule has 6 nitrogen and oxygen atoms in total. The first-order valence-corrected chi connectivity index (χ1v) is 8.19. The summed E-state index contributed by atoms with van der Waals surface area (Å²) in [5.74, 6) is 0.188. The first-order valence-electron chi connectivity index (χ1n) is 8.19. The minimum absolute atomic E-state index is 0.0516. The van der Waals surface area contributed by atoms with Crippen LogP contribution in [0, 0.1) is 0 Å². The van der Waals surface area contributed by atoms with Gasteiger partial charge in [0.05, 0.1) is 6.10 Å². The molecule has 0 atom stereocenters. The lowest BCUT2D eigenvalue weighted by Crippen LogP contribution is -2.19. The van der Waals surface area contributed by atoms with Crippen molar-refractivity contribution in [1.82, 2.24) is 9.97 Å². The van der Waals surface area contributed by atoms with Gasteiger partial charge >= 0.3 is 0 Å². The average Bonchev–Trinajstić information content (AvgIpc) is 2.64. The standard InChI is InChI=1S/C20H19N3O3/c1-13(2)26-17-5-3-15(4-6-17)19(24)23-18-11-16(12-22-20(18)25)14-7-9-21-10-8-14/h3-13H,1-2H3,(H,22,25)(H,23,24)/p-1. The molecule has 0 bridgehead atoms. The van der Waals surface area contributed by atoms with Crippen LogP contribution in [0.4, 0.5) is 5.69 Å². The maximum atomic E-state index is 12.4. The molecule has 0 spiro atoms. The van der Waals surface area contributed by atoms with E-state index in [1.54, 1.807) is 48.9 Å². The van der Waals surface area contributed by atoms with Gasteiger partial charge in [0, 0.05) is 24.2 Å². The molecular weight excluding hydrogens is 330 g/mol. The number of aromatic nitrogens is 2. The number of ether oxygens (including phenoxy) is 1. The normalized spacial score (nSPS) is 11.6. The van der Waals surface area contributed by atoms with Crippen LogP contribution in [-0.2, 0) is 0 Å². The quantitative estimate of drug-likeness (QED) is 0.567. The number of hydrogen-bond donors (Lipinski definition) is 1. The van der Waals surface area contributed by atoms with Crippen LogP contribution in [0.3, 0.4) is 0 Å². The van der Waals surface area contributed by atoms with Crippen molar-refractivity contribution in [3.8, 4) is 16.9 Å². The molecule has 2 aromatic heterocycles. The summed E-state index contributed by atoms with van der Waals surface area (Å²) in [5.41, 5.74) is 1.65. The molecule has 3 aromatic rings. The van der Waals surface area contributed by atoms with Crippen LogP contribution in [0.25, 0.3) is 11.1 Å². The number of benzene rings is 1. The Bertz CT molecular complexity index is 962. The molecule has 0 amide bonds. The first-order chi connectivity index (χ1) is 12.5. The van der Waals surface area contributed by atoms with Crippen molar-refractivity contribution in [2.24, 2.45) is 4.99 Å². The van der Waals surface area contributed by atoms with Gasteiger partial charge in [-0.05, 0) is 61.2 Å². The van der Waals surface area contributed by atoms with Crippen molar-refractivity contribution in [2.75, 3.05) is 0 Å². The lowest BCUT2D eigenvalue weighted by atomic mass is 10.1. The molecule has 1 aromatic carbocycles. The second-order valence-electron chi connectivity index (χ2n) is 5.95. The summed E-state index contributed by atoms with van der Waals surface area (Å²) in [5, 5.41) is 12.4. The van der Waals surface area contributed by atoms with Gasteiger partial charge in [-0.25, -0.2) is 0 Å². The van der Waals surface area contributed by atoms with Gasteiger partial charge in [-0.3, -0.25) is 14.8 Å². The lowest BCUT2D eigenvalue weighted by molar-refractivity contribution is -0.212. The molecule has 0 aliphatic rings. The summed E-state index contributed by atoms with van der Waals surface area (Å²) in [6.07, 6.45) is 4.95. The molecule has 2 heterocycles. The van der Waals surface area contributed by atoms with Crippen LogP contribution in [0.15, 0.2) is 70.8 Å². The Labute approximate surface area is 150 Å². The summed E-state index contributed by atoms with van der Waals surface area (Å²) < 4.78 is 5.55. The van der Waals surface area contributed by atoms with Gasteiger partial charge < -0.3 is 14.8 Å². The van der Waals surface area contributed by atoms with E-state index in [1.807, 2.05) is 26.0 Å². The summed E-state index contributed by atoms with van der Waals surface area (Å²) in [4.78, 5) is 22.6. The highest BCUT2D eigenvalue weighted by Gasteiger charge is 2.04. The Kier molecular flexibility index (Phi) is 5.12. The van der Waals surface area contributed by atoms with Gasteiger partial charge in [0.25, 0.3) is 5.56 Å². The smallest absolute Gasteiger partial charge is 0.273 e. The first kappa shape index (κ1) is 17.4. The Morgan fingerprint density at radius 1 is 1.12 bits per heavy atom. The predicted molar refractivity (Wildman–Crippen MR) is 98.7 cm³/mol. The Hall–Kier alpha value is -3.41. The van der Waals surface area contributed by atoms with E-state index in [1.165, 1.54) is 0 Å². The van der Waals surface area contributed by atoms with E-state index in [0.717, 1.165) is 11.1 Å². The number of nitrogens with one attached hydrogen (secondary N) is 1. The number of rotatable bonds is 5. The van der Waals surface area contributed by atoms with Crippen molar-refractivity contribution < 1.29 is 9.84 Å². The van der Waals surface area contributed by atoms with E-state index in [4.69, 9.17) is 4.74 Å². The number of hydrogen-bond acceptors (Lipinski definition) is 5. The maximum absolute atomic E-state index is 12.4. The topological polar surface area (TPSA) is 90.4 Å². The van der Waals surface area contributed by atoms with Crippen molar-refractivity contribution in [3.05, 3.63) is 77.0 Å². The second kappa shape index (κ2) is 7.65. The number of pyridine rings is 2. The highest BCUT2D eigenvalue weighted by atomic mass is 16.5. The van der Waals surface area contributed by atoms with Gasteiger partial charge in [0.2, 0.25) is 0 Å². The molecule has 0 aliphatic heterocycles. The molecular formula is C20H18N3O3-. The van der Waals surface area contributed by atoms with Crippen molar-refractivity contribution >= 4 is 11.6 Å². The Morgan fingerprint density at radius 2 is 1.81 bits per heavy atom. The molecule has 0 saturated heterocycles. The van der Waals surface area contributed by atoms with Crippen LogP contribution < -0.4 is 15.4 Å². The van der Waals surface area contributed by atoms with Crippen LogP contribution in [0.2, 0.25) is 0 Å². The van der Waals surface area contributed by atoms with Crippen molar-refractivity contribution in [3.63, 3.8) is 0 Å². The van der Waals surface area contributed by atoms with Gasteiger partial charge in [-0.15, -0.1) is 0 Å². The number of nitrogens with zero attached hydrogens (tertiary/aromatic N) is 2. The SMILES string of the molecule is CC(C)Oc1ccc(C([O-])=Nc2cc(-c3ccncc3)c[nH]c2=O)cc1. The number of H-pyrrole nitrogens is 1. The molecule has 132 valence electrons. The van der Waals surface area contributed by atoms with Gasteiger partial charge in [0.1, 0.15) is 11.4 Å². The molecule has 0 fully saturated rings. The molecule has 1 N–H and O–H groups in total. The lowest BCUT2D eigenvalue weighted by Gasteiger charge is -2.13. The highest BCUT2D eigenvalue weighted by molar-refractivity contribution is 5.92. The molecule has 0 saturated carbocycles. The van der Waals surface area contributed by atoms with Crippen LogP contribution in [-0.4, -0.2) is 22.0 Å². The van der Waals surface area contributed by atoms with Crippen molar-refractivity contribution in [2.45, 2.75) is 20.0 Å². The van der Waals surface area contributed by atoms with Crippen LogP contribution in [0.1, 0.15) is 19.4 Å². The minimum Gasteiger partial charge on any atom is -0.858 e. The van der Waals surface area contributed by atoms with Crippen LogP contribution in [0.5, 0.6) is 5.75 Å². The molecule has 6 heteroatoms. The van der Waals surface area contributed by atoms with E-state index in [9.17, 15) is 9.90 Å². The zero-order valence-electron chi connectivity index (χ0n) is 14.5. The average molecular weight is 348 g/mol. The van der Waals surface area contributed by atoms with E-state index in [-0.39, 0.29) is 11.8 Å². The molecule has 0 unspecified atom stereocenters. The molecule has 3 rings (SSSR count). The molecule has 0 aliphatic carbocycles. The van der Waals surface area contributed by atoms with Gasteiger partial charge in [0.15, 0.2) is 0 Å². The predicted octanol–water partition coefficient (Wildman–Crippen LogP) is 2.66. The highest BCUT2D eigenvalue weighted by Crippen LogP contribution is 2.20. The summed E-state index contributed by atoms with van der Waals surface area (Å²) in [6.45, 7) is 3.85. The number of aliphatic imine (C=N–C) groups is 1. The second-order valence-corrected chi connectivity index (χ2v) is 5.95. The van der Waals surface area contributed by atoms with Gasteiger partial charge in [-0.1, -0.05) is 12.1 Å². The van der Waals surface area contributed by atoms with E-state index in [2.05, 4.69) is 15.0 Å². The Balaban J connectivity index is 1.90. The minimum atomic E-state index is -0.488. The van der Waals surface area contributed by atoms with E-state index in [0.29, 0.717) is 11.3 Å². The van der Waals surface area contributed by atoms with E-state index >= 15 is 0 Å². The zero-order chi connectivity index (χ0) is 18.5. The van der Waals surface area contributed by atoms with Gasteiger partial charge in [-0.2, -0.15) is 0 Å². The molecule has 26 heavy (non-hydrogen) atoms. The summed E-state index contributed by atoms with van der Waals surface area (Å²) >= 11 is 0. The monoisotopic (exact) mass is 348 g/mol. The van der Waals surface area contributed by atoms with Crippen LogP contribution >= 0.6 is 0 Å². The Morgan fingerprint density at radius 3 is 2.46 bits per heavy atom. The third-order valence-electron chi connectivity index (χ3n) is 3.59. The zero-order valence-corrected chi connectivity index (χ0v) is 14.5. The third kappa shape index (κ3) is 4.16. The van der Waals surface area contributed by atoms with Crippen molar-refractivity contribution in [1.29, 1.82) is 0 Å².